The quantitative estimate of drug-likeness (QED) is 0.536. The number of ether oxygens (including phenoxy) is 1. The molecule has 1 aliphatic rings. The minimum atomic E-state index is -1.93. The van der Waals surface area contributed by atoms with Crippen molar-refractivity contribution in [2.75, 3.05) is 11.9 Å². The fourth-order valence-corrected chi connectivity index (χ4v) is 3.52. The smallest absolute Gasteiger partial charge is 0.228 e. The molecule has 4 atom stereocenters. The van der Waals surface area contributed by atoms with E-state index in [-0.39, 0.29) is 23.3 Å². The minimum absolute atomic E-state index is 0.157. The van der Waals surface area contributed by atoms with E-state index in [2.05, 4.69) is 15.4 Å². The Morgan fingerprint density at radius 2 is 2.14 bits per heavy atom. The van der Waals surface area contributed by atoms with E-state index in [9.17, 15) is 25.4 Å². The van der Waals surface area contributed by atoms with E-state index in [0.717, 1.165) is 0 Å². The monoisotopic (exact) mass is 389 g/mol. The fourth-order valence-electron chi connectivity index (χ4n) is 3.52. The number of nitrogens with one attached hydrogen (secondary N) is 1. The number of fused-ring (bicyclic) bond motifs is 1. The van der Waals surface area contributed by atoms with E-state index < -0.39 is 30.5 Å². The van der Waals surface area contributed by atoms with Crippen molar-refractivity contribution in [3.63, 3.8) is 0 Å². The molecule has 3 rings (SSSR count). The number of nitrogens with zero attached hydrogens (tertiary/aromatic N) is 4. The highest BCUT2D eigenvalue weighted by Gasteiger charge is 2.57. The zero-order valence-corrected chi connectivity index (χ0v) is 15.6. The van der Waals surface area contributed by atoms with Gasteiger partial charge in [-0.25, -0.2) is 9.50 Å². The van der Waals surface area contributed by atoms with Crippen LogP contribution in [0.15, 0.2) is 18.5 Å². The second kappa shape index (κ2) is 7.81. The van der Waals surface area contributed by atoms with Crippen LogP contribution in [0.3, 0.4) is 0 Å². The first-order chi connectivity index (χ1) is 13.4. The van der Waals surface area contributed by atoms with Gasteiger partial charge in [0.2, 0.25) is 11.5 Å². The average Bonchev–Trinajstić information content (AvgIpc) is 3.24. The molecule has 0 aromatic carbocycles. The number of carbonyl (C=O) groups is 1. The van der Waals surface area contributed by atoms with Crippen molar-refractivity contribution in [1.82, 2.24) is 14.6 Å². The third-order valence-corrected chi connectivity index (χ3v) is 5.23. The molecule has 2 aromatic rings. The van der Waals surface area contributed by atoms with Crippen molar-refractivity contribution in [3.8, 4) is 6.07 Å². The fraction of sp³-hybridized carbons (Fsp3) is 0.556. The maximum absolute atomic E-state index is 12.4. The Morgan fingerprint density at radius 3 is 2.71 bits per heavy atom. The first-order valence-electron chi connectivity index (χ1n) is 9.13. The summed E-state index contributed by atoms with van der Waals surface area (Å²) in [7, 11) is 0. The van der Waals surface area contributed by atoms with Crippen LogP contribution in [0.4, 0.5) is 5.82 Å². The number of hydrogen-bond acceptors (Lipinski definition) is 8. The lowest BCUT2D eigenvalue weighted by Crippen LogP contribution is -2.41. The van der Waals surface area contributed by atoms with E-state index >= 15 is 0 Å². The van der Waals surface area contributed by atoms with Crippen LogP contribution >= 0.6 is 0 Å². The maximum Gasteiger partial charge on any atom is 0.228 e. The average molecular weight is 389 g/mol. The van der Waals surface area contributed by atoms with Gasteiger partial charge in [-0.1, -0.05) is 13.8 Å². The normalized spacial score (nSPS) is 27.2. The van der Waals surface area contributed by atoms with Crippen LogP contribution in [0, 0.1) is 17.2 Å². The minimum Gasteiger partial charge on any atom is -0.394 e. The first kappa shape index (κ1) is 20.2. The molecular weight excluding hydrogens is 366 g/mol. The molecule has 0 spiro atoms. The first-order valence-corrected chi connectivity index (χ1v) is 9.13. The summed E-state index contributed by atoms with van der Waals surface area (Å²) in [5.41, 5.74) is -1.36. The Hall–Kier alpha value is -2.58. The molecule has 28 heavy (non-hydrogen) atoms. The number of aromatic nitrogens is 3. The highest BCUT2D eigenvalue weighted by molar-refractivity contribution is 5.95. The van der Waals surface area contributed by atoms with E-state index in [1.54, 1.807) is 6.07 Å². The predicted molar refractivity (Wildman–Crippen MR) is 97.0 cm³/mol. The van der Waals surface area contributed by atoms with Crippen LogP contribution < -0.4 is 5.32 Å². The number of hydrogen-bond donors (Lipinski definition) is 4. The summed E-state index contributed by atoms with van der Waals surface area (Å²) in [6.45, 7) is 3.30. The Bertz CT molecular complexity index is 905. The number of anilines is 1. The Kier molecular flexibility index (Phi) is 5.62. The lowest BCUT2D eigenvalue weighted by Gasteiger charge is -2.24. The van der Waals surface area contributed by atoms with E-state index in [4.69, 9.17) is 4.74 Å². The van der Waals surface area contributed by atoms with Gasteiger partial charge in [0, 0.05) is 5.92 Å². The summed E-state index contributed by atoms with van der Waals surface area (Å²) in [4.78, 5) is 16.5. The van der Waals surface area contributed by atoms with Crippen LogP contribution in [0.2, 0.25) is 0 Å². The van der Waals surface area contributed by atoms with Crippen LogP contribution in [0.25, 0.3) is 5.52 Å². The molecule has 0 saturated carbocycles. The molecule has 1 aliphatic heterocycles. The molecule has 10 heteroatoms. The molecule has 1 amide bonds. The van der Waals surface area contributed by atoms with Crippen molar-refractivity contribution < 1.29 is 24.9 Å². The largest absolute Gasteiger partial charge is 0.394 e. The molecule has 1 fully saturated rings. The number of aliphatic hydroxyl groups is 3. The molecular formula is C18H23N5O5. The SMILES string of the molecule is CCC(CC)C(=O)Nc1ncnn2c([C@]3(C#N)O[C@H](CO)[C@@H](O)[C@H]3O)ccc12. The van der Waals surface area contributed by atoms with E-state index in [1.807, 2.05) is 19.9 Å². The van der Waals surface area contributed by atoms with Gasteiger partial charge >= 0.3 is 0 Å². The number of amides is 1. The molecule has 4 N–H and O–H groups in total. The number of nitriles is 1. The summed E-state index contributed by atoms with van der Waals surface area (Å²) in [6, 6.07) is 5.00. The number of aliphatic hydroxyl groups excluding tert-OH is 3. The molecule has 2 aromatic heterocycles. The zero-order valence-electron chi connectivity index (χ0n) is 15.6. The van der Waals surface area contributed by atoms with Gasteiger partial charge in [0.15, 0.2) is 5.82 Å². The molecule has 1 saturated heterocycles. The van der Waals surface area contributed by atoms with Crippen molar-refractivity contribution in [3.05, 3.63) is 24.2 Å². The predicted octanol–water partition coefficient (Wildman–Crippen LogP) is -0.0642. The van der Waals surface area contributed by atoms with Gasteiger partial charge in [-0.05, 0) is 25.0 Å². The second-order valence-corrected chi connectivity index (χ2v) is 6.75. The van der Waals surface area contributed by atoms with Crippen molar-refractivity contribution in [2.24, 2.45) is 5.92 Å². The summed E-state index contributed by atoms with van der Waals surface area (Å²) in [5.74, 6) is -0.0652. The van der Waals surface area contributed by atoms with Gasteiger partial charge in [0.25, 0.3) is 0 Å². The van der Waals surface area contributed by atoms with Gasteiger partial charge in [-0.3, -0.25) is 4.79 Å². The summed E-state index contributed by atoms with van der Waals surface area (Å²) in [6.07, 6.45) is -1.56. The molecule has 0 unspecified atom stereocenters. The van der Waals surface area contributed by atoms with Gasteiger partial charge in [-0.2, -0.15) is 10.4 Å². The zero-order chi connectivity index (χ0) is 20.5. The van der Waals surface area contributed by atoms with Crippen molar-refractivity contribution >= 4 is 17.2 Å². The topological polar surface area (TPSA) is 153 Å². The lowest BCUT2D eigenvalue weighted by atomic mass is 9.92. The van der Waals surface area contributed by atoms with E-state index in [1.165, 1.54) is 16.9 Å². The van der Waals surface area contributed by atoms with E-state index in [0.29, 0.717) is 18.4 Å². The van der Waals surface area contributed by atoms with Crippen LogP contribution in [0.1, 0.15) is 32.4 Å². The molecule has 0 radical (unpaired) electrons. The standard InChI is InChI=1S/C18H23N5O5/c1-3-10(4-2)17(27)22-16-11-5-6-13(23(11)21-9-20-16)18(8-19)15(26)14(25)12(7-24)28-18/h5-6,9-10,12,14-15,24-26H,3-4,7H2,1-2H3,(H,20,21,22,27)/t12-,14-,15-,18+/m1/s1. The van der Waals surface area contributed by atoms with Crippen molar-refractivity contribution in [2.45, 2.75) is 50.6 Å². The molecule has 3 heterocycles. The van der Waals surface area contributed by atoms with Gasteiger partial charge in [0.05, 0.1) is 12.3 Å². The summed E-state index contributed by atoms with van der Waals surface area (Å²) in [5, 5.41) is 46.5. The van der Waals surface area contributed by atoms with Crippen LogP contribution in [-0.4, -0.2) is 60.7 Å². The van der Waals surface area contributed by atoms with Crippen molar-refractivity contribution in [1.29, 1.82) is 5.26 Å². The number of carbonyl (C=O) groups excluding carboxylic acids is 1. The van der Waals surface area contributed by atoms with Gasteiger partial charge < -0.3 is 25.4 Å². The highest BCUT2D eigenvalue weighted by Crippen LogP contribution is 2.40. The third kappa shape index (κ3) is 3.02. The molecule has 150 valence electrons. The lowest BCUT2D eigenvalue weighted by molar-refractivity contribution is -0.120. The maximum atomic E-state index is 12.4. The Labute approximate surface area is 161 Å². The summed E-state index contributed by atoms with van der Waals surface area (Å²) < 4.78 is 6.87. The van der Waals surface area contributed by atoms with Gasteiger partial charge in [0.1, 0.15) is 36.2 Å². The third-order valence-electron chi connectivity index (χ3n) is 5.23. The second-order valence-electron chi connectivity index (χ2n) is 6.75. The summed E-state index contributed by atoms with van der Waals surface area (Å²) >= 11 is 0. The molecule has 0 bridgehead atoms. The highest BCUT2D eigenvalue weighted by atomic mass is 16.6. The Balaban J connectivity index is 2.04. The van der Waals surface area contributed by atoms with Gasteiger partial charge in [-0.15, -0.1) is 0 Å². The molecule has 0 aliphatic carbocycles. The Morgan fingerprint density at radius 1 is 1.43 bits per heavy atom. The number of rotatable bonds is 6. The molecule has 10 nitrogen and oxygen atoms in total. The van der Waals surface area contributed by atoms with Crippen LogP contribution in [-0.2, 0) is 15.1 Å². The van der Waals surface area contributed by atoms with Crippen LogP contribution in [0.5, 0.6) is 0 Å².